The number of nitrogens with one attached hydrogen (secondary N) is 2. The normalized spacial score (nSPS) is 22.2. The molecule has 1 aromatic heterocycles. The van der Waals surface area contributed by atoms with Gasteiger partial charge < -0.3 is 10.6 Å². The Hall–Kier alpha value is -0.970. The van der Waals surface area contributed by atoms with Gasteiger partial charge in [-0.2, -0.15) is 11.8 Å². The van der Waals surface area contributed by atoms with Crippen molar-refractivity contribution in [1.82, 2.24) is 9.97 Å². The fourth-order valence-corrected chi connectivity index (χ4v) is 3.85. The molecule has 2 atom stereocenters. The molecule has 1 aliphatic rings. The molecule has 0 aliphatic heterocycles. The molecule has 2 N–H and O–H groups in total. The molecule has 1 heterocycles. The van der Waals surface area contributed by atoms with E-state index in [4.69, 9.17) is 0 Å². The molecule has 0 aromatic carbocycles. The Bertz CT molecular complexity index is 436. The van der Waals surface area contributed by atoms with Gasteiger partial charge in [-0.05, 0) is 31.9 Å². The van der Waals surface area contributed by atoms with Crippen LogP contribution in [0.3, 0.4) is 0 Å². The van der Waals surface area contributed by atoms with Gasteiger partial charge in [-0.3, -0.25) is 0 Å². The van der Waals surface area contributed by atoms with E-state index in [1.54, 1.807) is 6.33 Å². The van der Waals surface area contributed by atoms with E-state index in [0.29, 0.717) is 17.2 Å². The molecule has 1 fully saturated rings. The van der Waals surface area contributed by atoms with Crippen molar-refractivity contribution in [2.45, 2.75) is 57.2 Å². The Labute approximate surface area is 126 Å². The third-order valence-electron chi connectivity index (χ3n) is 3.88. The number of anilines is 2. The molecule has 20 heavy (non-hydrogen) atoms. The second-order valence-electron chi connectivity index (χ2n) is 5.63. The number of hydrogen-bond acceptors (Lipinski definition) is 5. The molecule has 0 saturated heterocycles. The molecule has 0 radical (unpaired) electrons. The molecule has 0 bridgehead atoms. The van der Waals surface area contributed by atoms with E-state index in [0.717, 1.165) is 18.2 Å². The molecule has 2 rings (SSSR count). The lowest BCUT2D eigenvalue weighted by Gasteiger charge is -2.23. The van der Waals surface area contributed by atoms with Gasteiger partial charge in [0.2, 0.25) is 0 Å². The third-order valence-corrected chi connectivity index (χ3v) is 5.05. The van der Waals surface area contributed by atoms with Gasteiger partial charge in [0.05, 0.1) is 0 Å². The van der Waals surface area contributed by atoms with Crippen molar-refractivity contribution >= 4 is 23.4 Å². The van der Waals surface area contributed by atoms with Gasteiger partial charge in [0.25, 0.3) is 0 Å². The first-order valence-electron chi connectivity index (χ1n) is 7.55. The second-order valence-corrected chi connectivity index (χ2v) is 6.70. The van der Waals surface area contributed by atoms with Gasteiger partial charge in [-0.15, -0.1) is 0 Å². The van der Waals surface area contributed by atoms with Gasteiger partial charge in [-0.1, -0.05) is 20.3 Å². The summed E-state index contributed by atoms with van der Waals surface area (Å²) >= 11 is 1.97. The maximum atomic E-state index is 4.50. The number of nitrogens with zero attached hydrogens (tertiary/aromatic N) is 2. The van der Waals surface area contributed by atoms with E-state index in [2.05, 4.69) is 47.6 Å². The predicted molar refractivity (Wildman–Crippen MR) is 88.8 cm³/mol. The van der Waals surface area contributed by atoms with Crippen LogP contribution in [0.5, 0.6) is 0 Å². The number of thioether (sulfide) groups is 1. The van der Waals surface area contributed by atoms with Crippen LogP contribution in [0.15, 0.2) is 6.33 Å². The summed E-state index contributed by atoms with van der Waals surface area (Å²) in [6.07, 6.45) is 7.73. The van der Waals surface area contributed by atoms with Gasteiger partial charge in [0, 0.05) is 23.4 Å². The average molecular weight is 294 g/mol. The average Bonchev–Trinajstić information content (AvgIpc) is 2.86. The van der Waals surface area contributed by atoms with Crippen LogP contribution in [-0.2, 0) is 0 Å². The highest BCUT2D eigenvalue weighted by Crippen LogP contribution is 2.34. The lowest BCUT2D eigenvalue weighted by molar-refractivity contribution is 0.751. The van der Waals surface area contributed by atoms with Crippen molar-refractivity contribution in [3.63, 3.8) is 0 Å². The maximum Gasteiger partial charge on any atom is 0.135 e. The number of aromatic nitrogens is 2. The minimum atomic E-state index is 0.405. The van der Waals surface area contributed by atoms with Crippen LogP contribution in [0.1, 0.15) is 51.5 Å². The Morgan fingerprint density at radius 3 is 2.70 bits per heavy atom. The smallest absolute Gasteiger partial charge is 0.135 e. The Balaban J connectivity index is 2.24. The molecule has 1 aliphatic carbocycles. The van der Waals surface area contributed by atoms with Crippen LogP contribution in [0.25, 0.3) is 0 Å². The van der Waals surface area contributed by atoms with E-state index in [9.17, 15) is 0 Å². The molecule has 0 spiro atoms. The summed E-state index contributed by atoms with van der Waals surface area (Å²) in [5.41, 5.74) is 1.21. The highest BCUT2D eigenvalue weighted by molar-refractivity contribution is 7.99. The second kappa shape index (κ2) is 7.16. The van der Waals surface area contributed by atoms with Crippen LogP contribution < -0.4 is 10.6 Å². The minimum Gasteiger partial charge on any atom is -0.370 e. The Morgan fingerprint density at radius 2 is 2.05 bits per heavy atom. The number of rotatable bonds is 6. The topological polar surface area (TPSA) is 49.8 Å². The van der Waals surface area contributed by atoms with Crippen molar-refractivity contribution in [2.75, 3.05) is 23.4 Å². The summed E-state index contributed by atoms with van der Waals surface area (Å²) in [6.45, 7) is 7.38. The zero-order valence-corrected chi connectivity index (χ0v) is 13.8. The van der Waals surface area contributed by atoms with E-state index in [1.165, 1.54) is 24.8 Å². The molecule has 112 valence electrons. The van der Waals surface area contributed by atoms with Crippen molar-refractivity contribution in [3.8, 4) is 0 Å². The van der Waals surface area contributed by atoms with E-state index >= 15 is 0 Å². The Morgan fingerprint density at radius 1 is 1.30 bits per heavy atom. The van der Waals surface area contributed by atoms with Gasteiger partial charge >= 0.3 is 0 Å². The lowest BCUT2D eigenvalue weighted by Crippen LogP contribution is -2.27. The highest BCUT2D eigenvalue weighted by atomic mass is 32.2. The predicted octanol–water partition coefficient (Wildman–Crippen LogP) is 3.73. The number of hydrogen-bond donors (Lipinski definition) is 2. The van der Waals surface area contributed by atoms with Crippen molar-refractivity contribution in [1.29, 1.82) is 0 Å². The first-order chi connectivity index (χ1) is 9.67. The maximum absolute atomic E-state index is 4.50. The van der Waals surface area contributed by atoms with Crippen LogP contribution in [-0.4, -0.2) is 34.1 Å². The molecule has 0 amide bonds. The fraction of sp³-hybridized carbons (Fsp3) is 0.733. The lowest BCUT2D eigenvalue weighted by atomic mass is 10.0. The summed E-state index contributed by atoms with van der Waals surface area (Å²) in [5.74, 6) is 2.39. The van der Waals surface area contributed by atoms with Crippen LogP contribution in [0, 0.1) is 0 Å². The molecule has 1 saturated carbocycles. The highest BCUT2D eigenvalue weighted by Gasteiger charge is 2.28. The Kier molecular flexibility index (Phi) is 5.52. The molecule has 5 heteroatoms. The van der Waals surface area contributed by atoms with Gasteiger partial charge in [0.15, 0.2) is 0 Å². The summed E-state index contributed by atoms with van der Waals surface area (Å²) in [6, 6.07) is 0.534. The largest absolute Gasteiger partial charge is 0.370 e. The van der Waals surface area contributed by atoms with Crippen LogP contribution in [0.4, 0.5) is 11.6 Å². The van der Waals surface area contributed by atoms with E-state index < -0.39 is 0 Å². The van der Waals surface area contributed by atoms with Crippen molar-refractivity contribution in [3.05, 3.63) is 11.9 Å². The van der Waals surface area contributed by atoms with Crippen LogP contribution in [0.2, 0.25) is 0 Å². The molecular formula is C15H26N4S. The standard InChI is InChI=1S/C15H26N4S/c1-5-16-14-13(10(2)3)15(18-9-17-14)19-11-7-6-8-12(11)20-4/h9-12H,5-8H2,1-4H3,(H2,16,17,18,19). The zero-order chi connectivity index (χ0) is 14.5. The summed E-state index contributed by atoms with van der Waals surface area (Å²) in [7, 11) is 0. The van der Waals surface area contributed by atoms with Crippen molar-refractivity contribution in [2.24, 2.45) is 0 Å². The van der Waals surface area contributed by atoms with Gasteiger partial charge in [-0.25, -0.2) is 9.97 Å². The first kappa shape index (κ1) is 15.4. The summed E-state index contributed by atoms with van der Waals surface area (Å²) in [4.78, 5) is 8.90. The SMILES string of the molecule is CCNc1ncnc(NC2CCCC2SC)c1C(C)C. The summed E-state index contributed by atoms with van der Waals surface area (Å²) in [5, 5.41) is 7.73. The quantitative estimate of drug-likeness (QED) is 0.837. The molecule has 4 nitrogen and oxygen atoms in total. The molecule has 1 aromatic rings. The molecular weight excluding hydrogens is 268 g/mol. The fourth-order valence-electron chi connectivity index (χ4n) is 2.91. The van der Waals surface area contributed by atoms with E-state index in [1.807, 2.05) is 11.8 Å². The van der Waals surface area contributed by atoms with Crippen LogP contribution >= 0.6 is 11.8 Å². The minimum absolute atomic E-state index is 0.405. The molecule has 2 unspecified atom stereocenters. The first-order valence-corrected chi connectivity index (χ1v) is 8.84. The van der Waals surface area contributed by atoms with Crippen molar-refractivity contribution < 1.29 is 0 Å². The summed E-state index contributed by atoms with van der Waals surface area (Å²) < 4.78 is 0. The zero-order valence-electron chi connectivity index (χ0n) is 12.9. The third kappa shape index (κ3) is 3.37. The van der Waals surface area contributed by atoms with E-state index in [-0.39, 0.29) is 0 Å². The monoisotopic (exact) mass is 294 g/mol. The van der Waals surface area contributed by atoms with Gasteiger partial charge in [0.1, 0.15) is 18.0 Å².